The van der Waals surface area contributed by atoms with E-state index >= 15 is 0 Å². The maximum absolute atomic E-state index is 12.2. The van der Waals surface area contributed by atoms with Gasteiger partial charge in [-0.05, 0) is 23.7 Å². The van der Waals surface area contributed by atoms with Crippen LogP contribution in [-0.4, -0.2) is 16.3 Å². The first kappa shape index (κ1) is 10.9. The van der Waals surface area contributed by atoms with Crippen LogP contribution in [0.15, 0.2) is 24.3 Å². The fourth-order valence-electron chi connectivity index (χ4n) is 1.28. The van der Waals surface area contributed by atoms with E-state index in [2.05, 4.69) is 9.97 Å². The van der Waals surface area contributed by atoms with Crippen molar-refractivity contribution in [3.63, 3.8) is 0 Å². The number of hydrogen-bond donors (Lipinski definition) is 1. The highest BCUT2D eigenvalue weighted by atomic mass is 35.5. The Morgan fingerprint density at radius 2 is 1.81 bits per heavy atom. The van der Waals surface area contributed by atoms with Crippen LogP contribution in [0.5, 0.6) is 0 Å². The molecule has 1 heterocycles. The highest BCUT2D eigenvalue weighted by Crippen LogP contribution is 2.26. The summed E-state index contributed by atoms with van der Waals surface area (Å²) in [5, 5.41) is 1.37. The zero-order valence-corrected chi connectivity index (χ0v) is 8.47. The van der Waals surface area contributed by atoms with E-state index in [1.54, 1.807) is 18.2 Å². The van der Waals surface area contributed by atoms with E-state index in [1.807, 2.05) is 0 Å². The molecule has 2 rings (SSSR count). The fraction of sp³-hybridized carbons (Fsp3) is 0.111. The molecule has 0 spiro atoms. The lowest BCUT2D eigenvalue weighted by atomic mass is 10.2. The van der Waals surface area contributed by atoms with Gasteiger partial charge in [0.15, 0.2) is 0 Å². The Morgan fingerprint density at radius 3 is 2.50 bits per heavy atom. The summed E-state index contributed by atoms with van der Waals surface area (Å²) in [5.41, 5.74) is 0.356. The molecule has 0 fully saturated rings. The molecule has 2 aromatic rings. The van der Waals surface area contributed by atoms with Crippen molar-refractivity contribution in [3.8, 4) is 0 Å². The summed E-state index contributed by atoms with van der Waals surface area (Å²) >= 11 is 5.52. The SMILES string of the molecule is FC(F)(F)Nc1nc(Cl)nc2ccccc12. The van der Waals surface area contributed by atoms with E-state index in [9.17, 15) is 13.2 Å². The fourth-order valence-corrected chi connectivity index (χ4v) is 1.45. The van der Waals surface area contributed by atoms with Gasteiger partial charge < -0.3 is 0 Å². The number of rotatable bonds is 1. The van der Waals surface area contributed by atoms with Crippen LogP contribution in [0.25, 0.3) is 10.9 Å². The first-order chi connectivity index (χ1) is 7.46. The molecule has 1 N–H and O–H groups in total. The average Bonchev–Trinajstić information content (AvgIpc) is 2.14. The molecular weight excluding hydrogens is 243 g/mol. The molecule has 0 unspecified atom stereocenters. The summed E-state index contributed by atoms with van der Waals surface area (Å²) < 4.78 is 36.6. The number of anilines is 1. The van der Waals surface area contributed by atoms with Crippen LogP contribution in [0.2, 0.25) is 5.28 Å². The van der Waals surface area contributed by atoms with E-state index in [0.29, 0.717) is 5.52 Å². The van der Waals surface area contributed by atoms with Crippen LogP contribution >= 0.6 is 11.6 Å². The highest BCUT2D eigenvalue weighted by Gasteiger charge is 2.28. The molecule has 84 valence electrons. The molecule has 0 amide bonds. The Kier molecular flexibility index (Phi) is 2.59. The number of alkyl halides is 3. The third-order valence-electron chi connectivity index (χ3n) is 1.84. The van der Waals surface area contributed by atoms with Crippen molar-refractivity contribution in [2.45, 2.75) is 6.30 Å². The molecule has 0 saturated carbocycles. The average molecular weight is 248 g/mol. The molecule has 0 bridgehead atoms. The van der Waals surface area contributed by atoms with Crippen molar-refractivity contribution >= 4 is 28.3 Å². The van der Waals surface area contributed by atoms with E-state index < -0.39 is 6.30 Å². The predicted octanol–water partition coefficient (Wildman–Crippen LogP) is 3.21. The van der Waals surface area contributed by atoms with Gasteiger partial charge in [-0.3, -0.25) is 5.32 Å². The predicted molar refractivity (Wildman–Crippen MR) is 54.2 cm³/mol. The topological polar surface area (TPSA) is 37.8 Å². The van der Waals surface area contributed by atoms with E-state index in [1.165, 1.54) is 11.4 Å². The van der Waals surface area contributed by atoms with Crippen molar-refractivity contribution < 1.29 is 13.2 Å². The second-order valence-electron chi connectivity index (χ2n) is 2.98. The van der Waals surface area contributed by atoms with Gasteiger partial charge in [0.05, 0.1) is 5.52 Å². The Balaban J connectivity index is 2.59. The lowest BCUT2D eigenvalue weighted by Crippen LogP contribution is -2.21. The number of halogens is 4. The Bertz CT molecular complexity index is 527. The number of nitrogens with zero attached hydrogens (tertiary/aromatic N) is 2. The number of fused-ring (bicyclic) bond motifs is 1. The minimum Gasteiger partial charge on any atom is -0.281 e. The third kappa shape index (κ3) is 2.33. The molecule has 3 nitrogen and oxygen atoms in total. The number of para-hydroxylation sites is 1. The summed E-state index contributed by atoms with van der Waals surface area (Å²) in [4.78, 5) is 7.32. The van der Waals surface area contributed by atoms with Crippen molar-refractivity contribution in [2.75, 3.05) is 5.32 Å². The molecule has 0 aliphatic rings. The van der Waals surface area contributed by atoms with Crippen LogP contribution in [0, 0.1) is 0 Å². The van der Waals surface area contributed by atoms with Crippen LogP contribution in [0.3, 0.4) is 0 Å². The third-order valence-corrected chi connectivity index (χ3v) is 2.01. The zero-order valence-electron chi connectivity index (χ0n) is 7.72. The standard InChI is InChI=1S/C9H5ClF3N3/c10-8-14-6-4-2-1-3-5(6)7(15-8)16-9(11,12)13/h1-4H,(H,14,15,16). The Hall–Kier alpha value is -1.56. The molecule has 16 heavy (non-hydrogen) atoms. The second-order valence-corrected chi connectivity index (χ2v) is 3.32. The summed E-state index contributed by atoms with van der Waals surface area (Å²) in [6.45, 7) is 0. The van der Waals surface area contributed by atoms with Gasteiger partial charge in [0.25, 0.3) is 0 Å². The van der Waals surface area contributed by atoms with Crippen molar-refractivity contribution in [2.24, 2.45) is 0 Å². The Labute approximate surface area is 93.3 Å². The second kappa shape index (κ2) is 3.79. The maximum atomic E-state index is 12.2. The maximum Gasteiger partial charge on any atom is 0.483 e. The van der Waals surface area contributed by atoms with Crippen LogP contribution in [0.1, 0.15) is 0 Å². The van der Waals surface area contributed by atoms with Gasteiger partial charge in [-0.2, -0.15) is 18.2 Å². The first-order valence-electron chi connectivity index (χ1n) is 4.23. The van der Waals surface area contributed by atoms with Crippen LogP contribution in [-0.2, 0) is 0 Å². The largest absolute Gasteiger partial charge is 0.483 e. The Morgan fingerprint density at radius 1 is 1.12 bits per heavy atom. The summed E-state index contributed by atoms with van der Waals surface area (Å²) in [6, 6.07) is 6.30. The van der Waals surface area contributed by atoms with E-state index in [4.69, 9.17) is 11.6 Å². The van der Waals surface area contributed by atoms with Gasteiger partial charge in [0.1, 0.15) is 5.82 Å². The van der Waals surface area contributed by atoms with E-state index in [-0.39, 0.29) is 16.5 Å². The normalized spacial score (nSPS) is 11.8. The molecule has 1 aromatic heterocycles. The monoisotopic (exact) mass is 247 g/mol. The lowest BCUT2D eigenvalue weighted by molar-refractivity contribution is -0.100. The lowest BCUT2D eigenvalue weighted by Gasteiger charge is -2.11. The van der Waals surface area contributed by atoms with Gasteiger partial charge in [0, 0.05) is 5.39 Å². The molecule has 7 heteroatoms. The van der Waals surface area contributed by atoms with Gasteiger partial charge >= 0.3 is 6.30 Å². The molecule has 1 aromatic carbocycles. The van der Waals surface area contributed by atoms with Gasteiger partial charge in [-0.15, -0.1) is 0 Å². The number of benzene rings is 1. The molecule has 0 aliphatic carbocycles. The summed E-state index contributed by atoms with van der Waals surface area (Å²) in [6.07, 6.45) is -4.56. The molecule has 0 radical (unpaired) electrons. The van der Waals surface area contributed by atoms with Gasteiger partial charge in [0.2, 0.25) is 5.28 Å². The number of nitrogens with one attached hydrogen (secondary N) is 1. The summed E-state index contributed by atoms with van der Waals surface area (Å²) in [5.74, 6) is -0.344. The smallest absolute Gasteiger partial charge is 0.281 e. The number of hydrogen-bond acceptors (Lipinski definition) is 3. The molecular formula is C9H5ClF3N3. The van der Waals surface area contributed by atoms with Crippen LogP contribution in [0.4, 0.5) is 19.0 Å². The minimum atomic E-state index is -4.56. The van der Waals surface area contributed by atoms with Crippen molar-refractivity contribution in [1.82, 2.24) is 9.97 Å². The highest BCUT2D eigenvalue weighted by molar-refractivity contribution is 6.28. The minimum absolute atomic E-state index is 0.231. The van der Waals surface area contributed by atoms with E-state index in [0.717, 1.165) is 0 Å². The first-order valence-corrected chi connectivity index (χ1v) is 4.61. The van der Waals surface area contributed by atoms with Crippen LogP contribution < -0.4 is 5.32 Å². The molecule has 0 aliphatic heterocycles. The molecule has 0 atom stereocenters. The van der Waals surface area contributed by atoms with Gasteiger partial charge in [-0.1, -0.05) is 12.1 Å². The van der Waals surface area contributed by atoms with Crippen molar-refractivity contribution in [3.05, 3.63) is 29.5 Å². The quantitative estimate of drug-likeness (QED) is 0.621. The number of aromatic nitrogens is 2. The van der Waals surface area contributed by atoms with Gasteiger partial charge in [-0.25, -0.2) is 4.98 Å². The molecule has 0 saturated heterocycles. The summed E-state index contributed by atoms with van der Waals surface area (Å²) in [7, 11) is 0. The van der Waals surface area contributed by atoms with Crippen molar-refractivity contribution in [1.29, 1.82) is 0 Å². The zero-order chi connectivity index (χ0) is 11.8.